The third kappa shape index (κ3) is 5.03. The quantitative estimate of drug-likeness (QED) is 0.722. The molecule has 9 heteroatoms. The van der Waals surface area contributed by atoms with Crippen LogP contribution in [0.4, 0.5) is 13.6 Å². The zero-order chi connectivity index (χ0) is 19.6. The van der Waals surface area contributed by atoms with Gasteiger partial charge in [-0.1, -0.05) is 18.5 Å². The number of nitrogens with zero attached hydrogens (tertiary/aromatic N) is 2. The fourth-order valence-electron chi connectivity index (χ4n) is 2.77. The van der Waals surface area contributed by atoms with Gasteiger partial charge in [0.1, 0.15) is 16.8 Å². The Labute approximate surface area is 155 Å². The van der Waals surface area contributed by atoms with Crippen LogP contribution in [0.3, 0.4) is 0 Å². The van der Waals surface area contributed by atoms with Crippen LogP contribution in [-0.2, 0) is 9.53 Å². The van der Waals surface area contributed by atoms with E-state index in [1.54, 1.807) is 20.8 Å². The summed E-state index contributed by atoms with van der Waals surface area (Å²) in [5.41, 5.74) is -0.487. The van der Waals surface area contributed by atoms with Crippen LogP contribution >= 0.6 is 11.6 Å². The highest BCUT2D eigenvalue weighted by molar-refractivity contribution is 6.30. The van der Waals surface area contributed by atoms with Crippen LogP contribution in [0.5, 0.6) is 5.88 Å². The van der Waals surface area contributed by atoms with Crippen molar-refractivity contribution in [3.8, 4) is 5.88 Å². The summed E-state index contributed by atoms with van der Waals surface area (Å²) in [6.07, 6.45) is -0.387. The molecule has 0 bridgehead atoms. The maximum atomic E-state index is 12.6. The van der Waals surface area contributed by atoms with E-state index in [9.17, 15) is 18.4 Å². The fourth-order valence-corrected chi connectivity index (χ4v) is 3.02. The van der Waals surface area contributed by atoms with E-state index in [1.807, 2.05) is 6.92 Å². The second-order valence-electron chi connectivity index (χ2n) is 7.22. The molecule has 2 rings (SSSR count). The lowest BCUT2D eigenvalue weighted by atomic mass is 9.89. The molecule has 0 N–H and O–H groups in total. The molecule has 1 amide bonds. The topological polar surface area (TPSA) is 68.7 Å². The molecule has 0 radical (unpaired) electrons. The van der Waals surface area contributed by atoms with E-state index in [2.05, 4.69) is 9.72 Å². The molecule has 1 aliphatic heterocycles. The van der Waals surface area contributed by atoms with Crippen LogP contribution in [0, 0.1) is 5.92 Å². The average molecular weight is 391 g/mol. The van der Waals surface area contributed by atoms with E-state index in [-0.39, 0.29) is 34.7 Å². The summed E-state index contributed by atoms with van der Waals surface area (Å²) in [5, 5.41) is -0.176. The smallest absolute Gasteiger partial charge is 0.411 e. The molecule has 0 spiro atoms. The Hall–Kier alpha value is -1.96. The van der Waals surface area contributed by atoms with Crippen LogP contribution in [0.2, 0.25) is 5.15 Å². The number of hydrogen-bond donors (Lipinski definition) is 0. The first-order valence-corrected chi connectivity index (χ1v) is 8.49. The average Bonchev–Trinajstić information content (AvgIpc) is 2.45. The minimum Gasteiger partial charge on any atom is -0.444 e. The van der Waals surface area contributed by atoms with Crippen molar-refractivity contribution in [3.63, 3.8) is 0 Å². The van der Waals surface area contributed by atoms with Crippen LogP contribution < -0.4 is 4.74 Å². The normalized spacial score (nSPS) is 21.1. The Kier molecular flexibility index (Phi) is 6.05. The molecular formula is C17H21ClF2N2O4. The lowest BCUT2D eigenvalue weighted by Gasteiger charge is -2.38. The molecule has 0 unspecified atom stereocenters. The summed E-state index contributed by atoms with van der Waals surface area (Å²) < 4.78 is 34.2. The van der Waals surface area contributed by atoms with Crippen LogP contribution in [0.15, 0.2) is 12.1 Å². The van der Waals surface area contributed by atoms with Crippen LogP contribution in [-0.4, -0.2) is 40.5 Å². The summed E-state index contributed by atoms with van der Waals surface area (Å²) in [6, 6.07) is 1.57. The molecule has 1 aromatic rings. The van der Waals surface area contributed by atoms with Gasteiger partial charge < -0.3 is 9.47 Å². The van der Waals surface area contributed by atoms with Crippen molar-refractivity contribution in [2.24, 2.45) is 5.92 Å². The second-order valence-corrected chi connectivity index (χ2v) is 7.58. The number of ketones is 1. The number of halogens is 3. The molecule has 1 saturated heterocycles. The SMILES string of the molecule is C[C@H]1CC(=O)[C@H](c2ccc(OC(F)F)nc2Cl)N(C(=O)OC(C)(C)C)C1. The number of Topliss-reactive ketones (excluding diaryl/α,β-unsaturated/α-hetero) is 1. The minimum atomic E-state index is -3.04. The monoisotopic (exact) mass is 390 g/mol. The van der Waals surface area contributed by atoms with Crippen LogP contribution in [0.1, 0.15) is 45.7 Å². The van der Waals surface area contributed by atoms with Gasteiger partial charge in [-0.15, -0.1) is 0 Å². The molecule has 26 heavy (non-hydrogen) atoms. The Bertz CT molecular complexity index is 694. The van der Waals surface area contributed by atoms with Crippen molar-refractivity contribution in [2.75, 3.05) is 6.54 Å². The highest BCUT2D eigenvalue weighted by Crippen LogP contribution is 2.35. The number of likely N-dealkylation sites (tertiary alicyclic amines) is 1. The molecule has 0 aromatic carbocycles. The number of carbonyl (C=O) groups excluding carboxylic acids is 2. The van der Waals surface area contributed by atoms with Crippen molar-refractivity contribution in [1.82, 2.24) is 9.88 Å². The molecule has 1 fully saturated rings. The van der Waals surface area contributed by atoms with Gasteiger partial charge in [0, 0.05) is 24.6 Å². The lowest BCUT2D eigenvalue weighted by molar-refractivity contribution is -0.128. The van der Waals surface area contributed by atoms with Gasteiger partial charge in [-0.25, -0.2) is 9.78 Å². The van der Waals surface area contributed by atoms with Gasteiger partial charge in [-0.05, 0) is 32.8 Å². The molecule has 0 saturated carbocycles. The number of amides is 1. The molecule has 144 valence electrons. The number of ether oxygens (including phenoxy) is 2. The molecule has 2 heterocycles. The largest absolute Gasteiger partial charge is 0.444 e. The highest BCUT2D eigenvalue weighted by atomic mass is 35.5. The first-order chi connectivity index (χ1) is 12.0. The van der Waals surface area contributed by atoms with E-state index >= 15 is 0 Å². The van der Waals surface area contributed by atoms with Crippen LogP contribution in [0.25, 0.3) is 0 Å². The Morgan fingerprint density at radius 2 is 2.04 bits per heavy atom. The molecule has 6 nitrogen and oxygen atoms in total. The van der Waals surface area contributed by atoms with Crippen molar-refractivity contribution >= 4 is 23.5 Å². The number of hydrogen-bond acceptors (Lipinski definition) is 5. The van der Waals surface area contributed by atoms with Gasteiger partial charge in [0.25, 0.3) is 0 Å². The third-order valence-corrected chi connectivity index (χ3v) is 3.96. The maximum absolute atomic E-state index is 12.6. The molecule has 1 aliphatic rings. The number of carbonyl (C=O) groups is 2. The van der Waals surface area contributed by atoms with Crippen molar-refractivity contribution < 1.29 is 27.8 Å². The van der Waals surface area contributed by atoms with Gasteiger partial charge in [0.15, 0.2) is 5.78 Å². The predicted octanol–water partition coefficient (Wildman–Crippen LogP) is 4.22. The lowest BCUT2D eigenvalue weighted by Crippen LogP contribution is -2.48. The van der Waals surface area contributed by atoms with E-state index < -0.39 is 24.3 Å². The van der Waals surface area contributed by atoms with E-state index in [0.29, 0.717) is 6.54 Å². The highest BCUT2D eigenvalue weighted by Gasteiger charge is 2.40. The van der Waals surface area contributed by atoms with Gasteiger partial charge >= 0.3 is 12.7 Å². The van der Waals surface area contributed by atoms with Crippen molar-refractivity contribution in [1.29, 1.82) is 0 Å². The maximum Gasteiger partial charge on any atom is 0.411 e. The number of rotatable bonds is 3. The number of alkyl halides is 2. The predicted molar refractivity (Wildman–Crippen MR) is 90.3 cm³/mol. The Balaban J connectivity index is 2.36. The molecule has 2 atom stereocenters. The van der Waals surface area contributed by atoms with E-state index in [1.165, 1.54) is 17.0 Å². The Morgan fingerprint density at radius 1 is 1.38 bits per heavy atom. The second kappa shape index (κ2) is 7.73. The summed E-state index contributed by atoms with van der Waals surface area (Å²) in [4.78, 5) is 30.2. The zero-order valence-electron chi connectivity index (χ0n) is 15.0. The first-order valence-electron chi connectivity index (χ1n) is 8.11. The zero-order valence-corrected chi connectivity index (χ0v) is 15.7. The molecular weight excluding hydrogens is 370 g/mol. The minimum absolute atomic E-state index is 0.0422. The summed E-state index contributed by atoms with van der Waals surface area (Å²) in [6.45, 7) is 4.28. The van der Waals surface area contributed by atoms with Crippen molar-refractivity contribution in [3.05, 3.63) is 22.8 Å². The van der Waals surface area contributed by atoms with Gasteiger partial charge in [0.05, 0.1) is 0 Å². The molecule has 1 aromatic heterocycles. The number of aromatic nitrogens is 1. The Morgan fingerprint density at radius 3 is 2.58 bits per heavy atom. The van der Waals surface area contributed by atoms with Gasteiger partial charge in [-0.2, -0.15) is 8.78 Å². The summed E-state index contributed by atoms with van der Waals surface area (Å²) in [5.74, 6) is -0.630. The molecule has 0 aliphatic carbocycles. The van der Waals surface area contributed by atoms with Gasteiger partial charge in [-0.3, -0.25) is 9.69 Å². The summed E-state index contributed by atoms with van der Waals surface area (Å²) >= 11 is 6.08. The van der Waals surface area contributed by atoms with Gasteiger partial charge in [0.2, 0.25) is 5.88 Å². The third-order valence-electron chi connectivity index (χ3n) is 3.66. The first kappa shape index (κ1) is 20.4. The number of pyridine rings is 1. The van der Waals surface area contributed by atoms with Crippen molar-refractivity contribution in [2.45, 2.75) is 52.4 Å². The van der Waals surface area contributed by atoms with E-state index in [4.69, 9.17) is 16.3 Å². The number of piperidine rings is 1. The standard InChI is InChI=1S/C17H21ClF2N2O4/c1-9-7-11(23)13(22(8-9)16(24)26-17(2,3)4)10-5-6-12(21-14(10)18)25-15(19)20/h5-6,9,13,15H,7-8H2,1-4H3/t9-,13-/m0/s1. The summed E-state index contributed by atoms with van der Waals surface area (Å²) in [7, 11) is 0. The van der Waals surface area contributed by atoms with E-state index in [0.717, 1.165) is 0 Å². The fraction of sp³-hybridized carbons (Fsp3) is 0.588.